The molecule has 39 heavy (non-hydrogen) atoms. The first-order valence-electron chi connectivity index (χ1n) is 11.1. The Hall–Kier alpha value is -4.11. The molecule has 0 unspecified atom stereocenters. The van der Waals surface area contributed by atoms with Crippen LogP contribution >= 0.6 is 11.3 Å². The Morgan fingerprint density at radius 3 is 2.36 bits per heavy atom. The van der Waals surface area contributed by atoms with Crippen LogP contribution < -0.4 is 16.3 Å². The maximum atomic E-state index is 13.0. The first-order chi connectivity index (χ1) is 18.3. The number of fused-ring (bicyclic) bond motifs is 1. The van der Waals surface area contributed by atoms with Crippen molar-refractivity contribution < 1.29 is 31.9 Å². The third-order valence-electron chi connectivity index (χ3n) is 5.39. The third kappa shape index (κ3) is 7.48. The van der Waals surface area contributed by atoms with Gasteiger partial charge in [-0.2, -0.15) is 27.1 Å². The molecule has 0 amide bonds. The van der Waals surface area contributed by atoms with Gasteiger partial charge >= 0.3 is 17.8 Å². The maximum absolute atomic E-state index is 13.0. The van der Waals surface area contributed by atoms with Gasteiger partial charge in [-0.1, -0.05) is 12.1 Å². The first-order valence-corrected chi connectivity index (χ1v) is 11.9. The van der Waals surface area contributed by atoms with Gasteiger partial charge in [-0.3, -0.25) is 4.57 Å². The zero-order valence-corrected chi connectivity index (χ0v) is 21.4. The van der Waals surface area contributed by atoms with Gasteiger partial charge in [-0.15, -0.1) is 11.3 Å². The summed E-state index contributed by atoms with van der Waals surface area (Å²) in [4.78, 5) is 28.4. The average Bonchev–Trinajstić information content (AvgIpc) is 3.44. The van der Waals surface area contributed by atoms with Gasteiger partial charge in [0.25, 0.3) is 6.08 Å². The lowest BCUT2D eigenvalue weighted by atomic mass is 10.1. The number of thiophene rings is 1. The molecule has 0 saturated carbocycles. The standard InChI is InChI=1S/C22H22F2N6OS.C2HF3O2/c1-29(2)19-6-5-15(11-26-19)13-3-4-14-7-17(32-18(14)8-13)12-30-20(27-28-22(30)31)9-16(10-25)21(23)24;3-2(4,5)1(6)7/h3-8,11H,9-10,12,25H2,1-2H3,(H,28,31);(H,6,7). The SMILES string of the molecule is CN(C)c1ccc(-c2ccc3cc(Cn4c(CC(CN)=C(F)F)n[nH]c4=O)sc3c2)cn1.O=C(O)C(F)(F)F. The molecule has 9 nitrogen and oxygen atoms in total. The molecule has 208 valence electrons. The number of nitrogens with two attached hydrogens (primary N) is 1. The van der Waals surface area contributed by atoms with E-state index >= 15 is 0 Å². The fourth-order valence-corrected chi connectivity index (χ4v) is 4.47. The maximum Gasteiger partial charge on any atom is 0.490 e. The Balaban J connectivity index is 0.000000532. The van der Waals surface area contributed by atoms with E-state index in [0.717, 1.165) is 31.9 Å². The van der Waals surface area contributed by atoms with Crippen molar-refractivity contribution in [1.82, 2.24) is 19.7 Å². The molecule has 3 heterocycles. The van der Waals surface area contributed by atoms with Crippen LogP contribution in [0.3, 0.4) is 0 Å². The van der Waals surface area contributed by atoms with Crippen LogP contribution in [0.25, 0.3) is 21.2 Å². The van der Waals surface area contributed by atoms with E-state index in [1.807, 2.05) is 55.5 Å². The number of aliphatic carboxylic acids is 1. The van der Waals surface area contributed by atoms with Crippen LogP contribution in [0.4, 0.5) is 27.8 Å². The van der Waals surface area contributed by atoms with E-state index in [2.05, 4.69) is 21.2 Å². The van der Waals surface area contributed by atoms with E-state index in [4.69, 9.17) is 15.6 Å². The molecule has 0 fully saturated rings. The van der Waals surface area contributed by atoms with Gasteiger partial charge < -0.3 is 15.7 Å². The van der Waals surface area contributed by atoms with Crippen LogP contribution in [0.2, 0.25) is 0 Å². The van der Waals surface area contributed by atoms with Crippen molar-refractivity contribution in [3.63, 3.8) is 0 Å². The number of hydrogen-bond donors (Lipinski definition) is 3. The van der Waals surface area contributed by atoms with Crippen LogP contribution in [0.15, 0.2) is 59.0 Å². The van der Waals surface area contributed by atoms with Gasteiger partial charge in [0.15, 0.2) is 0 Å². The molecular weight excluding hydrogens is 547 g/mol. The van der Waals surface area contributed by atoms with Gasteiger partial charge in [0.2, 0.25) is 0 Å². The summed E-state index contributed by atoms with van der Waals surface area (Å²) in [6.45, 7) is -0.0520. The van der Waals surface area contributed by atoms with Gasteiger partial charge in [0.05, 0.1) is 6.54 Å². The number of nitrogens with one attached hydrogen (secondary N) is 1. The summed E-state index contributed by atoms with van der Waals surface area (Å²) in [6, 6.07) is 12.1. The highest BCUT2D eigenvalue weighted by Gasteiger charge is 2.38. The summed E-state index contributed by atoms with van der Waals surface area (Å²) < 4.78 is 60.2. The Morgan fingerprint density at radius 2 is 1.82 bits per heavy atom. The molecule has 15 heteroatoms. The highest BCUT2D eigenvalue weighted by molar-refractivity contribution is 7.19. The molecular formula is C24H23F5N6O3S. The first kappa shape index (κ1) is 29.4. The number of nitrogens with zero attached hydrogens (tertiary/aromatic N) is 4. The number of aromatic nitrogens is 4. The molecule has 0 bridgehead atoms. The summed E-state index contributed by atoms with van der Waals surface area (Å²) in [5.74, 6) is -1.64. The molecule has 0 aliphatic heterocycles. The largest absolute Gasteiger partial charge is 0.490 e. The second kappa shape index (κ2) is 12.2. The van der Waals surface area contributed by atoms with Crippen LogP contribution in [-0.4, -0.2) is 57.6 Å². The van der Waals surface area contributed by atoms with E-state index in [0.29, 0.717) is 0 Å². The normalized spacial score (nSPS) is 11.2. The number of carboxylic acids is 1. The van der Waals surface area contributed by atoms with Crippen molar-refractivity contribution in [3.05, 3.63) is 75.4 Å². The molecule has 0 atom stereocenters. The number of rotatable bonds is 7. The molecule has 0 aliphatic rings. The number of benzene rings is 1. The van der Waals surface area contributed by atoms with Crippen molar-refractivity contribution in [2.75, 3.05) is 25.5 Å². The summed E-state index contributed by atoms with van der Waals surface area (Å²) in [5.41, 5.74) is 6.77. The molecule has 0 saturated heterocycles. The zero-order valence-electron chi connectivity index (χ0n) is 20.6. The zero-order chi connectivity index (χ0) is 28.9. The predicted molar refractivity (Wildman–Crippen MR) is 137 cm³/mol. The number of carboxylic acid groups (broad SMARTS) is 1. The van der Waals surface area contributed by atoms with Crippen molar-refractivity contribution in [1.29, 1.82) is 0 Å². The van der Waals surface area contributed by atoms with Crippen molar-refractivity contribution >= 4 is 33.2 Å². The molecule has 4 rings (SSSR count). The van der Waals surface area contributed by atoms with Crippen molar-refractivity contribution in [3.8, 4) is 11.1 Å². The lowest BCUT2D eigenvalue weighted by Crippen LogP contribution is -2.21. The second-order valence-corrected chi connectivity index (χ2v) is 9.51. The summed E-state index contributed by atoms with van der Waals surface area (Å²) in [6.07, 6.45) is -5.26. The Labute approximate surface area is 222 Å². The predicted octanol–water partition coefficient (Wildman–Crippen LogP) is 4.25. The minimum atomic E-state index is -5.08. The Bertz CT molecular complexity index is 1540. The van der Waals surface area contributed by atoms with Crippen LogP contribution in [-0.2, 0) is 17.8 Å². The van der Waals surface area contributed by atoms with Gasteiger partial charge in [0, 0.05) is 54.0 Å². The van der Waals surface area contributed by atoms with E-state index in [1.54, 1.807) is 11.3 Å². The lowest BCUT2D eigenvalue weighted by molar-refractivity contribution is -0.192. The van der Waals surface area contributed by atoms with Crippen molar-refractivity contribution in [2.45, 2.75) is 19.1 Å². The van der Waals surface area contributed by atoms with Crippen LogP contribution in [0.5, 0.6) is 0 Å². The Morgan fingerprint density at radius 1 is 1.15 bits per heavy atom. The fourth-order valence-electron chi connectivity index (χ4n) is 3.38. The summed E-state index contributed by atoms with van der Waals surface area (Å²) >= 11 is 1.55. The Kier molecular flexibility index (Phi) is 9.19. The molecule has 4 N–H and O–H groups in total. The van der Waals surface area contributed by atoms with E-state index < -0.39 is 23.9 Å². The lowest BCUT2D eigenvalue weighted by Gasteiger charge is -2.11. The molecule has 0 spiro atoms. The minimum absolute atomic E-state index is 0.178. The average molecular weight is 571 g/mol. The number of pyridine rings is 1. The molecule has 0 aliphatic carbocycles. The smallest absolute Gasteiger partial charge is 0.475 e. The monoisotopic (exact) mass is 570 g/mol. The third-order valence-corrected chi connectivity index (χ3v) is 6.47. The minimum Gasteiger partial charge on any atom is -0.475 e. The van der Waals surface area contributed by atoms with Gasteiger partial charge in [-0.05, 0) is 35.2 Å². The van der Waals surface area contributed by atoms with E-state index in [1.165, 1.54) is 4.57 Å². The van der Waals surface area contributed by atoms with Crippen LogP contribution in [0, 0.1) is 0 Å². The quantitative estimate of drug-likeness (QED) is 0.283. The number of aromatic amines is 1. The topological polar surface area (TPSA) is 130 Å². The van der Waals surface area contributed by atoms with Gasteiger partial charge in [-0.25, -0.2) is 19.7 Å². The van der Waals surface area contributed by atoms with E-state index in [9.17, 15) is 26.7 Å². The van der Waals surface area contributed by atoms with Crippen LogP contribution in [0.1, 0.15) is 10.7 Å². The molecule has 4 aromatic rings. The number of halogens is 5. The van der Waals surface area contributed by atoms with Crippen molar-refractivity contribution in [2.24, 2.45) is 5.73 Å². The highest BCUT2D eigenvalue weighted by Crippen LogP contribution is 2.31. The fraction of sp³-hybridized carbons (Fsp3) is 0.250. The molecule has 3 aromatic heterocycles. The number of alkyl halides is 3. The van der Waals surface area contributed by atoms with Gasteiger partial charge in [0.1, 0.15) is 11.6 Å². The number of carbonyl (C=O) groups is 1. The number of H-pyrrole nitrogens is 1. The summed E-state index contributed by atoms with van der Waals surface area (Å²) in [7, 11) is 3.89. The number of anilines is 1. The number of hydrogen-bond acceptors (Lipinski definition) is 7. The van der Waals surface area contributed by atoms with E-state index in [-0.39, 0.29) is 30.9 Å². The highest BCUT2D eigenvalue weighted by atomic mass is 32.1. The second-order valence-electron chi connectivity index (χ2n) is 8.34. The molecule has 1 aromatic carbocycles. The molecule has 0 radical (unpaired) electrons. The summed E-state index contributed by atoms with van der Waals surface area (Å²) in [5, 5.41) is 14.4.